The normalized spacial score (nSPS) is 11.4. The lowest BCUT2D eigenvalue weighted by Crippen LogP contribution is -2.10. The van der Waals surface area contributed by atoms with Gasteiger partial charge in [-0.25, -0.2) is 4.98 Å². The van der Waals surface area contributed by atoms with Crippen LogP contribution in [-0.4, -0.2) is 20.2 Å². The first kappa shape index (κ1) is 15.2. The number of rotatable bonds is 4. The molecule has 0 spiro atoms. The topological polar surface area (TPSA) is 63.7 Å². The number of hydrogen-bond acceptors (Lipinski definition) is 4. The molecule has 3 rings (SSSR count). The van der Waals surface area contributed by atoms with Crippen LogP contribution in [-0.2, 0) is 12.0 Å². The summed E-state index contributed by atoms with van der Waals surface area (Å²) < 4.78 is 5.76. The molecule has 0 unspecified atom stereocenters. The fourth-order valence-electron chi connectivity index (χ4n) is 2.19. The van der Waals surface area contributed by atoms with Crippen LogP contribution < -0.4 is 4.74 Å². The predicted octanol–water partition coefficient (Wildman–Crippen LogP) is 3.74. The van der Waals surface area contributed by atoms with E-state index >= 15 is 0 Å². The molecule has 0 fully saturated rings. The largest absolute Gasteiger partial charge is 0.486 e. The van der Waals surface area contributed by atoms with Crippen LogP contribution in [0.15, 0.2) is 48.8 Å². The highest BCUT2D eigenvalue weighted by molar-refractivity contribution is 5.52. The van der Waals surface area contributed by atoms with E-state index in [1.54, 1.807) is 12.4 Å². The number of H-pyrrole nitrogens is 1. The zero-order valence-electron chi connectivity index (χ0n) is 13.6. The van der Waals surface area contributed by atoms with Crippen LogP contribution in [0, 0.1) is 0 Å². The zero-order valence-corrected chi connectivity index (χ0v) is 13.6. The van der Waals surface area contributed by atoms with Crippen LogP contribution in [0.4, 0.5) is 0 Å². The molecule has 0 amide bonds. The maximum Gasteiger partial charge on any atom is 0.182 e. The first-order valence-corrected chi connectivity index (χ1v) is 7.57. The summed E-state index contributed by atoms with van der Waals surface area (Å²) >= 11 is 0. The molecule has 23 heavy (non-hydrogen) atoms. The van der Waals surface area contributed by atoms with E-state index in [0.717, 1.165) is 11.3 Å². The maximum absolute atomic E-state index is 5.76. The molecule has 0 atom stereocenters. The maximum atomic E-state index is 5.76. The standard InChI is InChI=1S/C18H20N4O/c1-18(2,3)14-6-8-15(9-7-14)23-12-16-20-17(22-21-16)13-5-4-10-19-11-13/h4-11H,12H2,1-3H3,(H,20,21,22). The molecule has 0 bridgehead atoms. The van der Waals surface area contributed by atoms with E-state index in [1.165, 1.54) is 5.56 Å². The molecule has 0 radical (unpaired) electrons. The van der Waals surface area contributed by atoms with Crippen molar-refractivity contribution in [1.29, 1.82) is 0 Å². The van der Waals surface area contributed by atoms with E-state index < -0.39 is 0 Å². The summed E-state index contributed by atoms with van der Waals surface area (Å²) in [5, 5.41) is 7.09. The quantitative estimate of drug-likeness (QED) is 0.797. The van der Waals surface area contributed by atoms with Gasteiger partial charge in [0.15, 0.2) is 11.6 Å². The molecule has 2 heterocycles. The van der Waals surface area contributed by atoms with Gasteiger partial charge in [-0.05, 0) is 35.2 Å². The first-order chi connectivity index (χ1) is 11.0. The molecule has 0 saturated carbocycles. The third-order valence-corrected chi connectivity index (χ3v) is 3.55. The minimum atomic E-state index is 0.141. The number of aromatic amines is 1. The fourth-order valence-corrected chi connectivity index (χ4v) is 2.19. The molecular formula is C18H20N4O. The Labute approximate surface area is 135 Å². The van der Waals surface area contributed by atoms with Crippen molar-refractivity contribution in [2.75, 3.05) is 0 Å². The van der Waals surface area contributed by atoms with Gasteiger partial charge in [-0.15, -0.1) is 0 Å². The number of hydrogen-bond donors (Lipinski definition) is 1. The number of nitrogens with one attached hydrogen (secondary N) is 1. The van der Waals surface area contributed by atoms with E-state index in [0.29, 0.717) is 18.3 Å². The van der Waals surface area contributed by atoms with Crippen molar-refractivity contribution in [3.63, 3.8) is 0 Å². The summed E-state index contributed by atoms with van der Waals surface area (Å²) in [5.41, 5.74) is 2.30. The summed E-state index contributed by atoms with van der Waals surface area (Å²) in [6.45, 7) is 6.92. The Bertz CT molecular complexity index is 758. The third kappa shape index (κ3) is 3.74. The molecule has 0 aliphatic carbocycles. The van der Waals surface area contributed by atoms with Crippen molar-refractivity contribution < 1.29 is 4.74 Å². The molecule has 2 aromatic heterocycles. The third-order valence-electron chi connectivity index (χ3n) is 3.55. The van der Waals surface area contributed by atoms with Crippen LogP contribution in [0.1, 0.15) is 32.2 Å². The fraction of sp³-hybridized carbons (Fsp3) is 0.278. The smallest absolute Gasteiger partial charge is 0.182 e. The van der Waals surface area contributed by atoms with Gasteiger partial charge >= 0.3 is 0 Å². The Balaban J connectivity index is 1.64. The Morgan fingerprint density at radius 3 is 2.52 bits per heavy atom. The predicted molar refractivity (Wildman–Crippen MR) is 89.1 cm³/mol. The monoisotopic (exact) mass is 308 g/mol. The van der Waals surface area contributed by atoms with E-state index in [-0.39, 0.29) is 5.41 Å². The van der Waals surface area contributed by atoms with Gasteiger partial charge in [-0.1, -0.05) is 32.9 Å². The number of benzene rings is 1. The molecule has 0 saturated heterocycles. The SMILES string of the molecule is CC(C)(C)c1ccc(OCc2nc(-c3cccnc3)n[nH]2)cc1. The van der Waals surface area contributed by atoms with Crippen molar-refractivity contribution in [2.45, 2.75) is 32.8 Å². The molecule has 0 aliphatic rings. The molecule has 118 valence electrons. The molecule has 3 aromatic rings. The van der Waals surface area contributed by atoms with E-state index in [1.807, 2.05) is 24.3 Å². The van der Waals surface area contributed by atoms with Gasteiger partial charge in [0.25, 0.3) is 0 Å². The summed E-state index contributed by atoms with van der Waals surface area (Å²) in [5.74, 6) is 2.13. The van der Waals surface area contributed by atoms with Crippen LogP contribution >= 0.6 is 0 Å². The van der Waals surface area contributed by atoms with Crippen molar-refractivity contribution in [3.8, 4) is 17.1 Å². The van der Waals surface area contributed by atoms with Crippen LogP contribution in [0.5, 0.6) is 5.75 Å². The Kier molecular flexibility index (Phi) is 4.10. The lowest BCUT2D eigenvalue weighted by Gasteiger charge is -2.19. The van der Waals surface area contributed by atoms with Gasteiger partial charge in [-0.3, -0.25) is 10.1 Å². The average Bonchev–Trinajstić information content (AvgIpc) is 3.02. The second kappa shape index (κ2) is 6.20. The van der Waals surface area contributed by atoms with Gasteiger partial charge in [0.1, 0.15) is 12.4 Å². The molecule has 1 N–H and O–H groups in total. The van der Waals surface area contributed by atoms with Gasteiger partial charge in [0.2, 0.25) is 0 Å². The summed E-state index contributed by atoms with van der Waals surface area (Å²) in [4.78, 5) is 8.49. The van der Waals surface area contributed by atoms with Gasteiger partial charge in [0, 0.05) is 18.0 Å². The van der Waals surface area contributed by atoms with Crippen molar-refractivity contribution in [1.82, 2.24) is 20.2 Å². The second-order valence-corrected chi connectivity index (χ2v) is 6.41. The van der Waals surface area contributed by atoms with Crippen molar-refractivity contribution >= 4 is 0 Å². The molecule has 0 aliphatic heterocycles. The van der Waals surface area contributed by atoms with E-state index in [2.05, 4.69) is 53.1 Å². The molecule has 5 heteroatoms. The van der Waals surface area contributed by atoms with Gasteiger partial charge < -0.3 is 4.74 Å². The van der Waals surface area contributed by atoms with Crippen LogP contribution in [0.25, 0.3) is 11.4 Å². The summed E-state index contributed by atoms with van der Waals surface area (Å²) in [6.07, 6.45) is 3.46. The van der Waals surface area contributed by atoms with Crippen LogP contribution in [0.3, 0.4) is 0 Å². The highest BCUT2D eigenvalue weighted by Crippen LogP contribution is 2.24. The summed E-state index contributed by atoms with van der Waals surface area (Å²) in [7, 11) is 0. The molecule has 1 aromatic carbocycles. The minimum absolute atomic E-state index is 0.141. The number of pyridine rings is 1. The summed E-state index contributed by atoms with van der Waals surface area (Å²) in [6, 6.07) is 11.9. The highest BCUT2D eigenvalue weighted by Gasteiger charge is 2.13. The number of nitrogens with zero attached hydrogens (tertiary/aromatic N) is 3. The Morgan fingerprint density at radius 1 is 1.09 bits per heavy atom. The highest BCUT2D eigenvalue weighted by atomic mass is 16.5. The molecular weight excluding hydrogens is 288 g/mol. The Hall–Kier alpha value is -2.69. The minimum Gasteiger partial charge on any atom is -0.486 e. The van der Waals surface area contributed by atoms with E-state index in [9.17, 15) is 0 Å². The first-order valence-electron chi connectivity index (χ1n) is 7.57. The second-order valence-electron chi connectivity index (χ2n) is 6.41. The zero-order chi connectivity index (χ0) is 16.3. The van der Waals surface area contributed by atoms with Crippen molar-refractivity contribution in [3.05, 3.63) is 60.2 Å². The lowest BCUT2D eigenvalue weighted by molar-refractivity contribution is 0.296. The number of ether oxygens (including phenoxy) is 1. The van der Waals surface area contributed by atoms with Gasteiger partial charge in [-0.2, -0.15) is 5.10 Å². The average molecular weight is 308 g/mol. The van der Waals surface area contributed by atoms with E-state index in [4.69, 9.17) is 4.74 Å². The van der Waals surface area contributed by atoms with Gasteiger partial charge in [0.05, 0.1) is 0 Å². The Morgan fingerprint density at radius 2 is 1.87 bits per heavy atom. The number of aromatic nitrogens is 4. The van der Waals surface area contributed by atoms with Crippen molar-refractivity contribution in [2.24, 2.45) is 0 Å². The molecule has 5 nitrogen and oxygen atoms in total. The van der Waals surface area contributed by atoms with Crippen LogP contribution in [0.2, 0.25) is 0 Å². The lowest BCUT2D eigenvalue weighted by atomic mass is 9.87.